The Balaban J connectivity index is 1.96. The molecule has 0 amide bonds. The van der Waals surface area contributed by atoms with Gasteiger partial charge in [0.05, 0.1) is 35.5 Å². The molecule has 0 saturated heterocycles. The molecule has 3 aromatic heterocycles. The number of aliphatic hydroxyl groups is 2. The summed E-state index contributed by atoms with van der Waals surface area (Å²) in [6, 6.07) is 0. The maximum atomic E-state index is 10.00. The van der Waals surface area contributed by atoms with Gasteiger partial charge in [-0.25, -0.2) is 15.0 Å². The van der Waals surface area contributed by atoms with Crippen LogP contribution in [0.2, 0.25) is 0 Å². The van der Waals surface area contributed by atoms with Gasteiger partial charge in [-0.15, -0.1) is 0 Å². The van der Waals surface area contributed by atoms with Crippen LogP contribution in [0.5, 0.6) is 0 Å². The molecule has 1 aliphatic rings. The number of anilines is 1. The lowest BCUT2D eigenvalue weighted by Crippen LogP contribution is -2.37. The Bertz CT molecular complexity index is 1080. The number of ether oxygens (including phenoxy) is 1. The number of fused-ring (bicyclic) bond motifs is 5. The van der Waals surface area contributed by atoms with Crippen LogP contribution in [-0.2, 0) is 24.2 Å². The molecule has 0 fully saturated rings. The summed E-state index contributed by atoms with van der Waals surface area (Å²) < 4.78 is 12.4. The summed E-state index contributed by atoms with van der Waals surface area (Å²) in [7, 11) is 0. The van der Waals surface area contributed by atoms with E-state index in [2.05, 4.69) is 30.7 Å². The molecule has 0 spiro atoms. The minimum Gasteiger partial charge on any atom is -0.432 e. The van der Waals surface area contributed by atoms with E-state index in [4.69, 9.17) is 14.1 Å². The van der Waals surface area contributed by atoms with Crippen LogP contribution in [0.25, 0.3) is 22.2 Å². The highest BCUT2D eigenvalue weighted by atomic mass is 16.5. The molecule has 4 heterocycles. The molecule has 0 bridgehead atoms. The van der Waals surface area contributed by atoms with Gasteiger partial charge in [0, 0.05) is 25.1 Å². The van der Waals surface area contributed by atoms with Gasteiger partial charge in [-0.3, -0.25) is 0 Å². The van der Waals surface area contributed by atoms with Gasteiger partial charge in [0.15, 0.2) is 11.4 Å². The van der Waals surface area contributed by atoms with Crippen molar-refractivity contribution < 1.29 is 19.4 Å². The molecule has 168 valence electrons. The molecule has 2 atom stereocenters. The number of aryl methyl sites for hydroxylation is 1. The second kappa shape index (κ2) is 8.33. The first-order chi connectivity index (χ1) is 14.7. The summed E-state index contributed by atoms with van der Waals surface area (Å²) in [5.41, 5.74) is 4.86. The molecule has 2 N–H and O–H groups in total. The molecule has 8 heteroatoms. The van der Waals surface area contributed by atoms with Crippen molar-refractivity contribution in [2.45, 2.75) is 78.3 Å². The number of rotatable bonds is 7. The lowest BCUT2D eigenvalue weighted by Gasteiger charge is -2.33. The first-order valence-corrected chi connectivity index (χ1v) is 11.0. The fourth-order valence-electron chi connectivity index (χ4n) is 4.42. The summed E-state index contributed by atoms with van der Waals surface area (Å²) in [6.45, 7) is 10.9. The van der Waals surface area contributed by atoms with Crippen molar-refractivity contribution in [3.63, 3.8) is 0 Å². The van der Waals surface area contributed by atoms with Crippen LogP contribution >= 0.6 is 0 Å². The molecule has 8 nitrogen and oxygen atoms in total. The number of hydrogen-bond acceptors (Lipinski definition) is 8. The van der Waals surface area contributed by atoms with Gasteiger partial charge in [0.1, 0.15) is 11.8 Å². The van der Waals surface area contributed by atoms with E-state index in [1.807, 2.05) is 4.90 Å². The first-order valence-electron chi connectivity index (χ1n) is 11.0. The largest absolute Gasteiger partial charge is 0.432 e. The van der Waals surface area contributed by atoms with Crippen molar-refractivity contribution in [3.8, 4) is 0 Å². The van der Waals surface area contributed by atoms with Crippen molar-refractivity contribution in [2.24, 2.45) is 0 Å². The van der Waals surface area contributed by atoms with E-state index in [9.17, 15) is 10.2 Å². The summed E-state index contributed by atoms with van der Waals surface area (Å²) in [6.07, 6.45) is 2.92. The second-order valence-electron chi connectivity index (χ2n) is 9.25. The van der Waals surface area contributed by atoms with Gasteiger partial charge in [0.2, 0.25) is 5.71 Å². The van der Waals surface area contributed by atoms with Gasteiger partial charge in [-0.05, 0) is 39.7 Å². The minimum atomic E-state index is -0.590. The Morgan fingerprint density at radius 1 is 1.13 bits per heavy atom. The van der Waals surface area contributed by atoms with Gasteiger partial charge in [-0.2, -0.15) is 0 Å². The average molecular weight is 429 g/mol. The highest BCUT2D eigenvalue weighted by Gasteiger charge is 2.32. The third-order valence-electron chi connectivity index (χ3n) is 5.65. The van der Waals surface area contributed by atoms with E-state index in [1.165, 1.54) is 11.9 Å². The second-order valence-corrected chi connectivity index (χ2v) is 9.25. The molecular weight excluding hydrogens is 396 g/mol. The summed E-state index contributed by atoms with van der Waals surface area (Å²) >= 11 is 0. The zero-order chi connectivity index (χ0) is 22.3. The lowest BCUT2D eigenvalue weighted by molar-refractivity contribution is -0.0401. The Labute approximate surface area is 182 Å². The normalized spacial score (nSPS) is 17.6. The third kappa shape index (κ3) is 4.24. The molecular formula is C23H32N4O4. The maximum Gasteiger partial charge on any atom is 0.229 e. The van der Waals surface area contributed by atoms with E-state index in [1.54, 1.807) is 13.8 Å². The van der Waals surface area contributed by atoms with Crippen LogP contribution in [0, 0.1) is 0 Å². The fourth-order valence-corrected chi connectivity index (χ4v) is 4.42. The SMILES string of the molecule is CCCc1nc2oc3c(N(C[C@H](C)O)C[C@@H](C)O)ncnc3c2c2c1COC(C)(C)C2. The van der Waals surface area contributed by atoms with Crippen molar-refractivity contribution in [2.75, 3.05) is 18.0 Å². The number of aliphatic hydroxyl groups excluding tert-OH is 2. The molecule has 3 aromatic rings. The predicted octanol–water partition coefficient (Wildman–Crippen LogP) is 3.14. The Morgan fingerprint density at radius 2 is 1.84 bits per heavy atom. The minimum absolute atomic E-state index is 0.283. The van der Waals surface area contributed by atoms with Crippen molar-refractivity contribution in [1.29, 1.82) is 0 Å². The van der Waals surface area contributed by atoms with Gasteiger partial charge in [0.25, 0.3) is 0 Å². The zero-order valence-electron chi connectivity index (χ0n) is 19.0. The van der Waals surface area contributed by atoms with Crippen molar-refractivity contribution in [3.05, 3.63) is 23.1 Å². The van der Waals surface area contributed by atoms with Crippen LogP contribution in [0.3, 0.4) is 0 Å². The third-order valence-corrected chi connectivity index (χ3v) is 5.65. The van der Waals surface area contributed by atoms with E-state index >= 15 is 0 Å². The molecule has 0 aromatic carbocycles. The summed E-state index contributed by atoms with van der Waals surface area (Å²) in [5.74, 6) is 0.557. The Kier molecular flexibility index (Phi) is 5.89. The Hall–Kier alpha value is -2.29. The molecule has 0 aliphatic carbocycles. The molecule has 31 heavy (non-hydrogen) atoms. The van der Waals surface area contributed by atoms with Crippen LogP contribution < -0.4 is 4.90 Å². The highest BCUT2D eigenvalue weighted by Crippen LogP contribution is 2.40. The van der Waals surface area contributed by atoms with Gasteiger partial charge >= 0.3 is 0 Å². The van der Waals surface area contributed by atoms with Gasteiger partial charge in [-0.1, -0.05) is 13.3 Å². The molecule has 0 radical (unpaired) electrons. The number of nitrogens with zero attached hydrogens (tertiary/aromatic N) is 4. The predicted molar refractivity (Wildman–Crippen MR) is 119 cm³/mol. The number of pyridine rings is 1. The average Bonchev–Trinajstić information content (AvgIpc) is 3.04. The smallest absolute Gasteiger partial charge is 0.229 e. The summed E-state index contributed by atoms with van der Waals surface area (Å²) in [4.78, 5) is 15.7. The highest BCUT2D eigenvalue weighted by molar-refractivity contribution is 6.06. The molecule has 1 aliphatic heterocycles. The standard InChI is InChI=1S/C23H32N4O4/c1-6-7-17-16-11-30-23(4,5)8-15(16)18-19-20(31-22(18)26-17)21(25-12-24-19)27(9-13(2)28)10-14(3)29/h12-14,28-29H,6-11H2,1-5H3/t13-,14+. The molecule has 4 rings (SSSR count). The fraction of sp³-hybridized carbons (Fsp3) is 0.609. The zero-order valence-corrected chi connectivity index (χ0v) is 19.0. The number of furan rings is 1. The first kappa shape index (κ1) is 21.9. The molecule has 0 saturated carbocycles. The van der Waals surface area contributed by atoms with Crippen LogP contribution in [0.15, 0.2) is 10.7 Å². The quantitative estimate of drug-likeness (QED) is 0.591. The lowest BCUT2D eigenvalue weighted by atomic mass is 9.88. The van der Waals surface area contributed by atoms with E-state index in [0.29, 0.717) is 42.3 Å². The van der Waals surface area contributed by atoms with E-state index in [0.717, 1.165) is 35.9 Å². The topological polar surface area (TPSA) is 105 Å². The van der Waals surface area contributed by atoms with Gasteiger partial charge < -0.3 is 24.3 Å². The maximum absolute atomic E-state index is 10.00. The van der Waals surface area contributed by atoms with Crippen LogP contribution in [-0.4, -0.2) is 56.1 Å². The number of hydrogen-bond donors (Lipinski definition) is 2. The van der Waals surface area contributed by atoms with E-state index < -0.39 is 12.2 Å². The van der Waals surface area contributed by atoms with Crippen molar-refractivity contribution in [1.82, 2.24) is 15.0 Å². The molecule has 0 unspecified atom stereocenters. The number of aromatic nitrogens is 3. The Morgan fingerprint density at radius 3 is 2.48 bits per heavy atom. The van der Waals surface area contributed by atoms with Crippen LogP contribution in [0.4, 0.5) is 5.82 Å². The van der Waals surface area contributed by atoms with Crippen LogP contribution in [0.1, 0.15) is 57.9 Å². The summed E-state index contributed by atoms with van der Waals surface area (Å²) in [5, 5.41) is 20.9. The van der Waals surface area contributed by atoms with E-state index in [-0.39, 0.29) is 5.60 Å². The monoisotopic (exact) mass is 428 g/mol. The van der Waals surface area contributed by atoms with Crippen molar-refractivity contribution >= 4 is 28.0 Å².